The van der Waals surface area contributed by atoms with E-state index in [0.29, 0.717) is 22.7 Å². The van der Waals surface area contributed by atoms with Crippen LogP contribution in [0.2, 0.25) is 0 Å². The highest BCUT2D eigenvalue weighted by atomic mass is 32.1. The second-order valence-corrected chi connectivity index (χ2v) is 6.04. The lowest BCUT2D eigenvalue weighted by atomic mass is 10.3. The van der Waals surface area contributed by atoms with Gasteiger partial charge in [0.1, 0.15) is 11.5 Å². The fraction of sp³-hybridized carbons (Fsp3) is 0.467. The maximum Gasteiger partial charge on any atom is 0.262 e. The van der Waals surface area contributed by atoms with E-state index < -0.39 is 0 Å². The Hall–Kier alpha value is -1.82. The molecule has 1 aromatic rings. The van der Waals surface area contributed by atoms with E-state index in [1.165, 1.54) is 12.5 Å². The zero-order valence-electron chi connectivity index (χ0n) is 12.5. The number of carbonyl (C=O) groups is 1. The molecule has 114 valence electrons. The predicted molar refractivity (Wildman–Crippen MR) is 86.4 cm³/mol. The normalized spacial score (nSPS) is 20.6. The van der Waals surface area contributed by atoms with Crippen LogP contribution < -0.4 is 16.2 Å². The van der Waals surface area contributed by atoms with Crippen LogP contribution >= 0.6 is 12.2 Å². The molecule has 1 fully saturated rings. The summed E-state index contributed by atoms with van der Waals surface area (Å²) < 4.78 is 5.68. The minimum atomic E-state index is -0.291. The summed E-state index contributed by atoms with van der Waals surface area (Å²) >= 11 is 5.00. The quantitative estimate of drug-likeness (QED) is 0.452. The van der Waals surface area contributed by atoms with Crippen LogP contribution in [0.25, 0.3) is 6.08 Å². The van der Waals surface area contributed by atoms with Crippen LogP contribution in [-0.2, 0) is 4.79 Å². The zero-order chi connectivity index (χ0) is 15.4. The van der Waals surface area contributed by atoms with E-state index in [1.54, 1.807) is 6.08 Å². The Kier molecular flexibility index (Phi) is 5.01. The Labute approximate surface area is 130 Å². The summed E-state index contributed by atoms with van der Waals surface area (Å²) in [6.45, 7) is 6.13. The predicted octanol–water partition coefficient (Wildman–Crippen LogP) is 2.32. The van der Waals surface area contributed by atoms with Gasteiger partial charge in [-0.2, -0.15) is 0 Å². The highest BCUT2D eigenvalue weighted by molar-refractivity contribution is 7.80. The van der Waals surface area contributed by atoms with Gasteiger partial charge >= 0.3 is 0 Å². The van der Waals surface area contributed by atoms with E-state index in [-0.39, 0.29) is 11.9 Å². The molecule has 1 aliphatic carbocycles. The number of thiocarbonyl (C=S) groups is 1. The first-order valence-corrected chi connectivity index (χ1v) is 7.51. The Morgan fingerprint density at radius 3 is 2.76 bits per heavy atom. The van der Waals surface area contributed by atoms with Crippen molar-refractivity contribution in [1.82, 2.24) is 16.2 Å². The van der Waals surface area contributed by atoms with Crippen LogP contribution in [0, 0.1) is 5.92 Å². The zero-order valence-corrected chi connectivity index (χ0v) is 13.3. The average Bonchev–Trinajstić information content (AvgIpc) is 2.96. The molecule has 3 N–H and O–H groups in total. The van der Waals surface area contributed by atoms with Gasteiger partial charge in [0.25, 0.3) is 5.91 Å². The first-order valence-electron chi connectivity index (χ1n) is 7.10. The maximum absolute atomic E-state index is 11.6. The van der Waals surface area contributed by atoms with Crippen LogP contribution in [0.3, 0.4) is 0 Å². The molecule has 2 unspecified atom stereocenters. The highest BCUT2D eigenvalue weighted by Crippen LogP contribution is 2.47. The third-order valence-corrected chi connectivity index (χ3v) is 3.46. The van der Waals surface area contributed by atoms with Crippen molar-refractivity contribution in [1.29, 1.82) is 0 Å². The van der Waals surface area contributed by atoms with Gasteiger partial charge in [0.15, 0.2) is 5.11 Å². The Balaban J connectivity index is 1.76. The summed E-state index contributed by atoms with van der Waals surface area (Å²) in [5, 5.41) is 3.35. The van der Waals surface area contributed by atoms with Gasteiger partial charge in [0.05, 0.1) is 0 Å². The molecule has 0 radical (unpaired) electrons. The SMILES string of the molecule is CC(C)NC(=S)NNC(=O)/C=C/c1ccc(C2CC2C)o1. The number of furan rings is 1. The molecule has 1 aromatic heterocycles. The number of hydrazine groups is 1. The molecule has 0 bridgehead atoms. The molecule has 0 aromatic carbocycles. The Morgan fingerprint density at radius 2 is 2.14 bits per heavy atom. The topological polar surface area (TPSA) is 66.3 Å². The number of rotatable bonds is 4. The van der Waals surface area contributed by atoms with E-state index in [1.807, 2.05) is 26.0 Å². The van der Waals surface area contributed by atoms with Crippen molar-refractivity contribution in [3.63, 3.8) is 0 Å². The summed E-state index contributed by atoms with van der Waals surface area (Å²) in [5.41, 5.74) is 5.11. The van der Waals surface area contributed by atoms with Gasteiger partial charge in [-0.05, 0) is 56.6 Å². The molecule has 0 aliphatic heterocycles. The van der Waals surface area contributed by atoms with Crippen LogP contribution in [0.15, 0.2) is 22.6 Å². The summed E-state index contributed by atoms with van der Waals surface area (Å²) in [4.78, 5) is 11.6. The molecule has 1 aliphatic rings. The van der Waals surface area contributed by atoms with Crippen LogP contribution in [0.4, 0.5) is 0 Å². The molecule has 6 heteroatoms. The Bertz CT molecular complexity index is 551. The third-order valence-electron chi connectivity index (χ3n) is 3.24. The van der Waals surface area contributed by atoms with Gasteiger partial charge in [-0.25, -0.2) is 0 Å². The van der Waals surface area contributed by atoms with Crippen molar-refractivity contribution in [2.45, 2.75) is 39.2 Å². The average molecular weight is 307 g/mol. The molecule has 1 amide bonds. The van der Waals surface area contributed by atoms with Crippen LogP contribution in [0.1, 0.15) is 44.6 Å². The van der Waals surface area contributed by atoms with Crippen molar-refractivity contribution in [2.75, 3.05) is 0 Å². The van der Waals surface area contributed by atoms with Crippen LogP contribution in [0.5, 0.6) is 0 Å². The van der Waals surface area contributed by atoms with Gasteiger partial charge in [-0.1, -0.05) is 6.92 Å². The first kappa shape index (κ1) is 15.6. The molecule has 21 heavy (non-hydrogen) atoms. The molecule has 1 heterocycles. The smallest absolute Gasteiger partial charge is 0.262 e. The number of hydrogen-bond acceptors (Lipinski definition) is 3. The minimum absolute atomic E-state index is 0.212. The van der Waals surface area contributed by atoms with E-state index in [9.17, 15) is 4.79 Å². The van der Waals surface area contributed by atoms with Crippen LogP contribution in [-0.4, -0.2) is 17.1 Å². The van der Waals surface area contributed by atoms with Crippen molar-refractivity contribution < 1.29 is 9.21 Å². The highest BCUT2D eigenvalue weighted by Gasteiger charge is 2.36. The number of amides is 1. The van der Waals surface area contributed by atoms with E-state index >= 15 is 0 Å². The fourth-order valence-corrected chi connectivity index (χ4v) is 2.28. The molecule has 0 spiro atoms. The van der Waals surface area contributed by atoms with Gasteiger partial charge in [0.2, 0.25) is 0 Å². The molecule has 5 nitrogen and oxygen atoms in total. The summed E-state index contributed by atoms with van der Waals surface area (Å²) in [5.74, 6) is 2.64. The molecular formula is C15H21N3O2S. The van der Waals surface area contributed by atoms with E-state index in [4.69, 9.17) is 16.6 Å². The number of nitrogens with one attached hydrogen (secondary N) is 3. The fourth-order valence-electron chi connectivity index (χ4n) is 1.99. The lowest BCUT2D eigenvalue weighted by Crippen LogP contribution is -2.48. The van der Waals surface area contributed by atoms with Crippen molar-refractivity contribution in [3.05, 3.63) is 29.7 Å². The number of carbonyl (C=O) groups excluding carboxylic acids is 1. The summed E-state index contributed by atoms with van der Waals surface area (Å²) in [6.07, 6.45) is 4.23. The largest absolute Gasteiger partial charge is 0.461 e. The molecule has 2 rings (SSSR count). The lowest BCUT2D eigenvalue weighted by Gasteiger charge is -2.12. The molecule has 2 atom stereocenters. The maximum atomic E-state index is 11.6. The van der Waals surface area contributed by atoms with E-state index in [0.717, 1.165) is 5.76 Å². The third kappa shape index (κ3) is 4.90. The number of hydrogen-bond donors (Lipinski definition) is 3. The van der Waals surface area contributed by atoms with E-state index in [2.05, 4.69) is 23.1 Å². The second kappa shape index (κ2) is 6.76. The standard InChI is InChI=1S/C15H21N3O2S/c1-9(2)16-15(21)18-17-14(19)7-5-11-4-6-13(20-11)12-8-10(12)3/h4-7,9-10,12H,8H2,1-3H3,(H,17,19)(H2,16,18,21)/b7-5+. The first-order chi connectivity index (χ1) is 9.95. The molecule has 0 saturated heterocycles. The lowest BCUT2D eigenvalue weighted by molar-refractivity contribution is -0.117. The minimum Gasteiger partial charge on any atom is -0.461 e. The second-order valence-electron chi connectivity index (χ2n) is 5.64. The Morgan fingerprint density at radius 1 is 1.43 bits per heavy atom. The monoisotopic (exact) mass is 307 g/mol. The van der Waals surface area contributed by atoms with Gasteiger partial charge in [-0.3, -0.25) is 15.6 Å². The summed E-state index contributed by atoms with van der Waals surface area (Å²) in [7, 11) is 0. The van der Waals surface area contributed by atoms with Crippen molar-refractivity contribution in [2.24, 2.45) is 5.92 Å². The summed E-state index contributed by atoms with van der Waals surface area (Å²) in [6, 6.07) is 4.07. The van der Waals surface area contributed by atoms with Gasteiger partial charge in [-0.15, -0.1) is 0 Å². The molecular weight excluding hydrogens is 286 g/mol. The molecule has 1 saturated carbocycles. The van der Waals surface area contributed by atoms with Gasteiger partial charge < -0.3 is 9.73 Å². The van der Waals surface area contributed by atoms with Crippen molar-refractivity contribution >= 4 is 29.3 Å². The van der Waals surface area contributed by atoms with Gasteiger partial charge in [0, 0.05) is 18.0 Å². The van der Waals surface area contributed by atoms with Crippen molar-refractivity contribution in [3.8, 4) is 0 Å².